The fourth-order valence-corrected chi connectivity index (χ4v) is 3.85. The quantitative estimate of drug-likeness (QED) is 0.803. The Morgan fingerprint density at radius 1 is 1.40 bits per heavy atom. The summed E-state index contributed by atoms with van der Waals surface area (Å²) in [5.74, 6) is 0. The molecular formula is C12H11BrClN3O2S. The van der Waals surface area contributed by atoms with Crippen molar-refractivity contribution in [3.05, 3.63) is 51.7 Å². The zero-order chi connectivity index (χ0) is 14.8. The van der Waals surface area contributed by atoms with Crippen LogP contribution in [0.5, 0.6) is 0 Å². The molecule has 0 spiro atoms. The minimum Gasteiger partial charge on any atom is -0.398 e. The molecule has 3 N–H and O–H groups in total. The van der Waals surface area contributed by atoms with Gasteiger partial charge in [0.15, 0.2) is 0 Å². The number of anilines is 1. The normalized spacial score (nSPS) is 11.5. The third-order valence-electron chi connectivity index (χ3n) is 2.51. The lowest BCUT2D eigenvalue weighted by Gasteiger charge is -2.10. The Morgan fingerprint density at radius 2 is 2.15 bits per heavy atom. The fraction of sp³-hybridized carbons (Fsp3) is 0.0833. The van der Waals surface area contributed by atoms with Crippen LogP contribution in [-0.4, -0.2) is 13.4 Å². The van der Waals surface area contributed by atoms with E-state index in [2.05, 4.69) is 25.6 Å². The number of hydrogen-bond donors (Lipinski definition) is 2. The Bertz CT molecular complexity index is 723. The van der Waals surface area contributed by atoms with Crippen molar-refractivity contribution >= 4 is 43.2 Å². The number of sulfonamides is 1. The van der Waals surface area contributed by atoms with Gasteiger partial charge in [-0.1, -0.05) is 17.7 Å². The Labute approximate surface area is 130 Å². The van der Waals surface area contributed by atoms with E-state index in [0.717, 1.165) is 5.56 Å². The van der Waals surface area contributed by atoms with Crippen LogP contribution in [0.25, 0.3) is 0 Å². The lowest BCUT2D eigenvalue weighted by molar-refractivity contribution is 0.581. The molecule has 0 radical (unpaired) electrons. The number of pyridine rings is 1. The van der Waals surface area contributed by atoms with Crippen molar-refractivity contribution in [2.24, 2.45) is 0 Å². The summed E-state index contributed by atoms with van der Waals surface area (Å²) in [6, 6.07) is 6.33. The molecule has 0 aliphatic rings. The monoisotopic (exact) mass is 375 g/mol. The first kappa shape index (κ1) is 15.2. The molecule has 0 amide bonds. The van der Waals surface area contributed by atoms with E-state index in [4.69, 9.17) is 17.3 Å². The topological polar surface area (TPSA) is 85.1 Å². The van der Waals surface area contributed by atoms with Gasteiger partial charge in [-0.25, -0.2) is 13.1 Å². The molecule has 0 unspecified atom stereocenters. The lowest BCUT2D eigenvalue weighted by atomic mass is 10.3. The number of rotatable bonds is 4. The van der Waals surface area contributed by atoms with E-state index >= 15 is 0 Å². The molecule has 20 heavy (non-hydrogen) atoms. The predicted octanol–water partition coefficient (Wildman–Crippen LogP) is 2.56. The fourth-order valence-electron chi connectivity index (χ4n) is 1.54. The summed E-state index contributed by atoms with van der Waals surface area (Å²) in [5, 5.41) is 0.257. The summed E-state index contributed by atoms with van der Waals surface area (Å²) in [7, 11) is -3.72. The number of nitrogen functional groups attached to an aromatic ring is 1. The maximum Gasteiger partial charge on any atom is 0.242 e. The maximum absolute atomic E-state index is 12.3. The summed E-state index contributed by atoms with van der Waals surface area (Å²) in [5.41, 5.74) is 6.71. The van der Waals surface area contributed by atoms with Crippen LogP contribution in [0.15, 0.2) is 46.0 Å². The summed E-state index contributed by atoms with van der Waals surface area (Å²) >= 11 is 9.00. The average Bonchev–Trinajstić information content (AvgIpc) is 2.42. The van der Waals surface area contributed by atoms with Crippen molar-refractivity contribution < 1.29 is 8.42 Å². The molecule has 0 aliphatic heterocycles. The second kappa shape index (κ2) is 6.09. The van der Waals surface area contributed by atoms with Crippen molar-refractivity contribution in [2.75, 3.05) is 5.73 Å². The number of nitrogens with two attached hydrogens (primary N) is 1. The van der Waals surface area contributed by atoms with Gasteiger partial charge in [-0.15, -0.1) is 0 Å². The number of aromatic nitrogens is 1. The largest absolute Gasteiger partial charge is 0.398 e. The Hall–Kier alpha value is -1.15. The minimum absolute atomic E-state index is 0.00592. The van der Waals surface area contributed by atoms with Crippen molar-refractivity contribution in [2.45, 2.75) is 11.4 Å². The highest BCUT2D eigenvalue weighted by Gasteiger charge is 2.19. The van der Waals surface area contributed by atoms with Crippen molar-refractivity contribution in [3.63, 3.8) is 0 Å². The minimum atomic E-state index is -3.72. The zero-order valence-corrected chi connectivity index (χ0v) is 13.3. The van der Waals surface area contributed by atoms with Crippen LogP contribution in [0.2, 0.25) is 5.02 Å². The summed E-state index contributed by atoms with van der Waals surface area (Å²) < 4.78 is 27.3. The van der Waals surface area contributed by atoms with Gasteiger partial charge < -0.3 is 5.73 Å². The van der Waals surface area contributed by atoms with Crippen LogP contribution in [0, 0.1) is 0 Å². The molecule has 2 rings (SSSR count). The highest BCUT2D eigenvalue weighted by Crippen LogP contribution is 2.31. The molecule has 0 saturated carbocycles. The lowest BCUT2D eigenvalue weighted by Crippen LogP contribution is -2.24. The first-order valence-electron chi connectivity index (χ1n) is 5.53. The summed E-state index contributed by atoms with van der Waals surface area (Å²) in [6.07, 6.45) is 3.20. The number of nitrogens with one attached hydrogen (secondary N) is 1. The van der Waals surface area contributed by atoms with Crippen LogP contribution in [0.4, 0.5) is 5.69 Å². The van der Waals surface area contributed by atoms with Crippen molar-refractivity contribution in [3.8, 4) is 0 Å². The summed E-state index contributed by atoms with van der Waals surface area (Å²) in [4.78, 5) is 3.92. The number of benzene rings is 1. The highest BCUT2D eigenvalue weighted by molar-refractivity contribution is 9.10. The predicted molar refractivity (Wildman–Crippen MR) is 81.8 cm³/mol. The third kappa shape index (κ3) is 3.49. The molecule has 5 nitrogen and oxygen atoms in total. The number of nitrogens with zero attached hydrogens (tertiary/aromatic N) is 1. The van der Waals surface area contributed by atoms with Gasteiger partial charge in [-0.3, -0.25) is 4.98 Å². The molecule has 0 aliphatic carbocycles. The van der Waals surface area contributed by atoms with E-state index in [0.29, 0.717) is 4.47 Å². The van der Waals surface area contributed by atoms with Gasteiger partial charge >= 0.3 is 0 Å². The number of hydrogen-bond acceptors (Lipinski definition) is 4. The van der Waals surface area contributed by atoms with Crippen molar-refractivity contribution in [1.82, 2.24) is 9.71 Å². The maximum atomic E-state index is 12.3. The first-order chi connectivity index (χ1) is 9.40. The Kier molecular flexibility index (Phi) is 4.64. The molecule has 0 saturated heterocycles. The van der Waals surface area contributed by atoms with Gasteiger partial charge in [0.25, 0.3) is 0 Å². The van der Waals surface area contributed by atoms with Crippen LogP contribution >= 0.6 is 27.5 Å². The molecular weight excluding hydrogens is 366 g/mol. The first-order valence-corrected chi connectivity index (χ1v) is 8.18. The van der Waals surface area contributed by atoms with Crippen LogP contribution in [-0.2, 0) is 16.6 Å². The molecule has 8 heteroatoms. The van der Waals surface area contributed by atoms with Crippen LogP contribution < -0.4 is 10.5 Å². The number of halogens is 2. The van der Waals surface area contributed by atoms with E-state index < -0.39 is 10.0 Å². The molecule has 1 heterocycles. The average molecular weight is 377 g/mol. The van der Waals surface area contributed by atoms with E-state index in [1.54, 1.807) is 24.5 Å². The standard InChI is InChI=1S/C12H11BrClN3O2S/c13-12-10(15)4-9(14)5-11(12)20(18,19)17-7-8-2-1-3-16-6-8/h1-6,17H,7,15H2. The van der Waals surface area contributed by atoms with Gasteiger partial charge in [0.1, 0.15) is 0 Å². The van der Waals surface area contributed by atoms with Crippen molar-refractivity contribution in [1.29, 1.82) is 0 Å². The zero-order valence-electron chi connectivity index (χ0n) is 10.2. The second-order valence-electron chi connectivity index (χ2n) is 3.99. The van der Waals surface area contributed by atoms with Gasteiger partial charge in [-0.05, 0) is 39.7 Å². The van der Waals surface area contributed by atoms with E-state index in [-0.39, 0.29) is 22.2 Å². The summed E-state index contributed by atoms with van der Waals surface area (Å²) in [6.45, 7) is 0.134. The molecule has 1 aromatic heterocycles. The molecule has 2 aromatic rings. The third-order valence-corrected chi connectivity index (χ3v) is 5.30. The molecule has 0 fully saturated rings. The van der Waals surface area contributed by atoms with Gasteiger partial charge in [0.2, 0.25) is 10.0 Å². The molecule has 0 atom stereocenters. The SMILES string of the molecule is Nc1cc(Cl)cc(S(=O)(=O)NCc2cccnc2)c1Br. The van der Waals surface area contributed by atoms with Crippen LogP contribution in [0.3, 0.4) is 0 Å². The highest BCUT2D eigenvalue weighted by atomic mass is 79.9. The van der Waals surface area contributed by atoms with Gasteiger partial charge in [0.05, 0.1) is 9.37 Å². The molecule has 0 bridgehead atoms. The van der Waals surface area contributed by atoms with E-state index in [1.165, 1.54) is 12.1 Å². The van der Waals surface area contributed by atoms with Gasteiger partial charge in [0, 0.05) is 29.6 Å². The van der Waals surface area contributed by atoms with Gasteiger partial charge in [-0.2, -0.15) is 0 Å². The Morgan fingerprint density at radius 3 is 2.80 bits per heavy atom. The molecule has 106 valence electrons. The smallest absolute Gasteiger partial charge is 0.242 e. The van der Waals surface area contributed by atoms with E-state index in [1.807, 2.05) is 0 Å². The Balaban J connectivity index is 2.27. The van der Waals surface area contributed by atoms with E-state index in [9.17, 15) is 8.42 Å². The second-order valence-corrected chi connectivity index (χ2v) is 6.96. The van der Waals surface area contributed by atoms with Crippen LogP contribution in [0.1, 0.15) is 5.56 Å². The molecule has 1 aromatic carbocycles.